The molecule has 6 N–H and O–H groups in total. The molecule has 4 rings (SSSR count). The average Bonchev–Trinajstić information content (AvgIpc) is 3.13. The molecule has 0 aliphatic rings. The third-order valence-electron chi connectivity index (χ3n) is 7.60. The monoisotopic (exact) mass is 874 g/mol. The zero-order valence-corrected chi connectivity index (χ0v) is 32.5. The summed E-state index contributed by atoms with van der Waals surface area (Å²) in [5, 5.41) is 22.1. The van der Waals surface area contributed by atoms with Gasteiger partial charge in [0.2, 0.25) is 0 Å². The summed E-state index contributed by atoms with van der Waals surface area (Å²) < 4.78 is 120. The standard InChI is InChI=1S/C36H30N2O16S4/c39-33(40)9-3-17-55(45,46)29-7-1-5-25(19-29)35(43)37-27-15-13-23(31(21-27)57(49,50)51)11-12-24-14-16-28(22-32(24)58(52,53)54)38-36(44)26-6-2-8-30(20-26)56(47,48)18-4-10-34(41)42/h1-16,19-22H,17-18H2,(H,37,43)(H,38,44)(H,39,40)(H,41,42)(H,49,50,51)(H,52,53,54)/b9-3+,10-4+,12-11+. The third-order valence-corrected chi connectivity index (χ3v) is 12.6. The quantitative estimate of drug-likeness (QED) is 0.0531. The van der Waals surface area contributed by atoms with Crippen molar-refractivity contribution in [2.24, 2.45) is 0 Å². The number of carbonyl (C=O) groups excluding carboxylic acids is 2. The van der Waals surface area contributed by atoms with Crippen LogP contribution >= 0.6 is 0 Å². The SMILES string of the molecule is O=C(O)/C=C/CS(=O)(=O)c1cccc(C(=O)Nc2ccc(/C=C/c3ccc(NC(=O)c4cccc(S(=O)(=O)C/C=C/C(=O)O)c4)cc3S(=O)(=O)O)c(S(=O)(=O)O)c2)c1. The van der Waals surface area contributed by atoms with Crippen LogP contribution in [0.2, 0.25) is 0 Å². The maximum Gasteiger partial charge on any atom is 0.328 e. The van der Waals surface area contributed by atoms with Crippen molar-refractivity contribution in [1.82, 2.24) is 0 Å². The second kappa shape index (κ2) is 17.9. The molecule has 0 aliphatic heterocycles. The number of sulfone groups is 2. The number of carboxylic acids is 2. The van der Waals surface area contributed by atoms with Crippen LogP contribution < -0.4 is 10.6 Å². The molecule has 0 spiro atoms. The lowest BCUT2D eigenvalue weighted by Crippen LogP contribution is -2.14. The molecular formula is C36H30N2O16S4. The van der Waals surface area contributed by atoms with Crippen LogP contribution in [0.1, 0.15) is 31.8 Å². The zero-order chi connectivity index (χ0) is 43.1. The molecule has 0 aromatic heterocycles. The van der Waals surface area contributed by atoms with Crippen LogP contribution in [0.3, 0.4) is 0 Å². The number of nitrogens with one attached hydrogen (secondary N) is 2. The molecule has 0 aliphatic carbocycles. The van der Waals surface area contributed by atoms with Crippen molar-refractivity contribution in [3.05, 3.63) is 131 Å². The highest BCUT2D eigenvalue weighted by atomic mass is 32.2. The number of carbonyl (C=O) groups is 4. The first-order valence-corrected chi connectivity index (χ1v) is 22.1. The van der Waals surface area contributed by atoms with Crippen LogP contribution in [0, 0.1) is 0 Å². The minimum absolute atomic E-state index is 0.177. The van der Waals surface area contributed by atoms with E-state index in [1.807, 2.05) is 0 Å². The van der Waals surface area contributed by atoms with Crippen molar-refractivity contribution in [3.63, 3.8) is 0 Å². The van der Waals surface area contributed by atoms with Gasteiger partial charge in [-0.3, -0.25) is 18.7 Å². The second-order valence-corrected chi connectivity index (χ2v) is 18.6. The number of anilines is 2. The van der Waals surface area contributed by atoms with Crippen molar-refractivity contribution >= 4 is 87.2 Å². The molecule has 304 valence electrons. The molecular weight excluding hydrogens is 845 g/mol. The molecule has 0 saturated heterocycles. The summed E-state index contributed by atoms with van der Waals surface area (Å²) in [6, 6.07) is 15.8. The number of benzene rings is 4. The molecule has 0 heterocycles. The Labute approximate surface area is 331 Å². The van der Waals surface area contributed by atoms with E-state index in [1.54, 1.807) is 0 Å². The molecule has 0 unspecified atom stereocenters. The fourth-order valence-electron chi connectivity index (χ4n) is 4.94. The number of hydrogen-bond donors (Lipinski definition) is 6. The van der Waals surface area contributed by atoms with Crippen LogP contribution in [0.25, 0.3) is 12.2 Å². The normalized spacial score (nSPS) is 12.5. The van der Waals surface area contributed by atoms with E-state index in [1.165, 1.54) is 48.5 Å². The molecule has 0 bridgehead atoms. The Morgan fingerprint density at radius 3 is 1.21 bits per heavy atom. The molecule has 2 amide bonds. The largest absolute Gasteiger partial charge is 0.478 e. The van der Waals surface area contributed by atoms with E-state index >= 15 is 0 Å². The second-order valence-electron chi connectivity index (χ2n) is 11.8. The van der Waals surface area contributed by atoms with E-state index in [0.717, 1.165) is 60.7 Å². The van der Waals surface area contributed by atoms with E-state index in [9.17, 15) is 62.0 Å². The van der Waals surface area contributed by atoms with Crippen molar-refractivity contribution < 1.29 is 72.2 Å². The highest BCUT2D eigenvalue weighted by Crippen LogP contribution is 2.27. The number of hydrogen-bond acceptors (Lipinski definition) is 12. The number of amides is 2. The Hall–Kier alpha value is -6.30. The van der Waals surface area contributed by atoms with Gasteiger partial charge in [-0.15, -0.1) is 0 Å². The van der Waals surface area contributed by atoms with E-state index < -0.39 is 85.0 Å². The number of aliphatic carboxylic acids is 2. The van der Waals surface area contributed by atoms with E-state index in [-0.39, 0.29) is 43.4 Å². The lowest BCUT2D eigenvalue weighted by molar-refractivity contribution is -0.132. The van der Waals surface area contributed by atoms with Crippen LogP contribution in [0.15, 0.2) is 129 Å². The summed E-state index contributed by atoms with van der Waals surface area (Å²) in [6.07, 6.45) is 5.22. The Morgan fingerprint density at radius 1 is 0.517 bits per heavy atom. The zero-order valence-electron chi connectivity index (χ0n) is 29.3. The van der Waals surface area contributed by atoms with Gasteiger partial charge in [0.15, 0.2) is 19.7 Å². The molecule has 0 fully saturated rings. The van der Waals surface area contributed by atoms with Crippen molar-refractivity contribution in [1.29, 1.82) is 0 Å². The Morgan fingerprint density at radius 2 is 0.879 bits per heavy atom. The predicted molar refractivity (Wildman–Crippen MR) is 208 cm³/mol. The first kappa shape index (κ1) is 44.4. The van der Waals surface area contributed by atoms with Crippen LogP contribution in [-0.2, 0) is 49.5 Å². The Balaban J connectivity index is 1.58. The first-order chi connectivity index (χ1) is 27.0. The van der Waals surface area contributed by atoms with E-state index in [2.05, 4.69) is 10.6 Å². The third kappa shape index (κ3) is 12.1. The minimum Gasteiger partial charge on any atom is -0.478 e. The maximum absolute atomic E-state index is 13.0. The van der Waals surface area contributed by atoms with Crippen LogP contribution in [-0.4, -0.2) is 88.2 Å². The molecule has 18 nitrogen and oxygen atoms in total. The van der Waals surface area contributed by atoms with Crippen molar-refractivity contribution in [2.45, 2.75) is 19.6 Å². The summed E-state index contributed by atoms with van der Waals surface area (Å²) >= 11 is 0. The van der Waals surface area contributed by atoms with Crippen molar-refractivity contribution in [3.8, 4) is 0 Å². The van der Waals surface area contributed by atoms with Crippen LogP contribution in [0.5, 0.6) is 0 Å². The fourth-order valence-corrected chi connectivity index (χ4v) is 8.63. The predicted octanol–water partition coefficient (Wildman–Crippen LogP) is 3.68. The van der Waals surface area contributed by atoms with Gasteiger partial charge in [-0.05, 0) is 71.8 Å². The summed E-state index contributed by atoms with van der Waals surface area (Å²) in [4.78, 5) is 45.2. The summed E-state index contributed by atoms with van der Waals surface area (Å²) in [7, 11) is -18.1. The van der Waals surface area contributed by atoms with Gasteiger partial charge in [0.05, 0.1) is 21.3 Å². The van der Waals surface area contributed by atoms with Gasteiger partial charge in [0.1, 0.15) is 9.79 Å². The van der Waals surface area contributed by atoms with Gasteiger partial charge in [0, 0.05) is 34.7 Å². The minimum atomic E-state index is -5.02. The molecule has 0 saturated carbocycles. The van der Waals surface area contributed by atoms with Gasteiger partial charge >= 0.3 is 11.9 Å². The van der Waals surface area contributed by atoms with Crippen LogP contribution in [0.4, 0.5) is 11.4 Å². The van der Waals surface area contributed by atoms with Gasteiger partial charge in [-0.25, -0.2) is 26.4 Å². The van der Waals surface area contributed by atoms with E-state index in [0.29, 0.717) is 12.2 Å². The summed E-state index contributed by atoms with van der Waals surface area (Å²) in [6.45, 7) is 0. The Bertz CT molecular complexity index is 2670. The molecule has 4 aromatic carbocycles. The summed E-state index contributed by atoms with van der Waals surface area (Å²) in [5.41, 5.74) is -1.16. The average molecular weight is 875 g/mol. The van der Waals surface area contributed by atoms with Gasteiger partial charge in [-0.1, -0.05) is 48.6 Å². The smallest absolute Gasteiger partial charge is 0.328 e. The van der Waals surface area contributed by atoms with Crippen molar-refractivity contribution in [2.75, 3.05) is 22.1 Å². The molecule has 58 heavy (non-hydrogen) atoms. The van der Waals surface area contributed by atoms with Gasteiger partial charge in [-0.2, -0.15) is 16.8 Å². The molecule has 22 heteroatoms. The topological polar surface area (TPSA) is 310 Å². The summed E-state index contributed by atoms with van der Waals surface area (Å²) in [5.74, 6) is -5.85. The van der Waals surface area contributed by atoms with Gasteiger partial charge < -0.3 is 20.8 Å². The lowest BCUT2D eigenvalue weighted by Gasteiger charge is -2.11. The Kier molecular flexibility index (Phi) is 13.7. The molecule has 4 aromatic rings. The fraction of sp³-hybridized carbons (Fsp3) is 0.0556. The lowest BCUT2D eigenvalue weighted by atomic mass is 10.1. The number of rotatable bonds is 16. The van der Waals surface area contributed by atoms with Gasteiger partial charge in [0.25, 0.3) is 32.1 Å². The van der Waals surface area contributed by atoms with E-state index in [4.69, 9.17) is 10.2 Å². The molecule has 0 atom stereocenters. The maximum atomic E-state index is 13.0. The highest BCUT2D eigenvalue weighted by Gasteiger charge is 2.21. The first-order valence-electron chi connectivity index (χ1n) is 15.9. The highest BCUT2D eigenvalue weighted by molar-refractivity contribution is 7.92. The molecule has 0 radical (unpaired) electrons. The number of carboxylic acid groups (broad SMARTS) is 2.